The van der Waals surface area contributed by atoms with Gasteiger partial charge < -0.3 is 5.73 Å². The number of nitrogens with two attached hydrogens (primary N) is 1. The molecule has 0 bridgehead atoms. The number of aromatic nitrogens is 6. The number of hydrogen-bond acceptors (Lipinski definition) is 8. The lowest BCUT2D eigenvalue weighted by molar-refractivity contribution is 0.782. The fourth-order valence-electron chi connectivity index (χ4n) is 1.51. The molecule has 0 radical (unpaired) electrons. The number of rotatable bonds is 3. The highest BCUT2D eigenvalue weighted by molar-refractivity contribution is 8.00. The summed E-state index contributed by atoms with van der Waals surface area (Å²) in [5.41, 5.74) is 8.32. The Balaban J connectivity index is 1.90. The van der Waals surface area contributed by atoms with E-state index in [0.29, 0.717) is 17.4 Å². The van der Waals surface area contributed by atoms with Crippen LogP contribution in [-0.4, -0.2) is 29.9 Å². The predicted molar refractivity (Wildman–Crippen MR) is 70.2 cm³/mol. The standard InChI is InChI=1S/C9H9N7S2/c1-16-8-5(2-12-16)7(10)13-6(14-8)3-17-9-15-11-4-18-9/h2,4H,3H2,1H3,(H2,10,13,14). The van der Waals surface area contributed by atoms with Crippen LogP contribution in [0, 0.1) is 0 Å². The zero-order chi connectivity index (χ0) is 12.5. The van der Waals surface area contributed by atoms with E-state index in [2.05, 4.69) is 25.3 Å². The second-order valence-corrected chi connectivity index (χ2v) is 5.58. The maximum atomic E-state index is 5.88. The summed E-state index contributed by atoms with van der Waals surface area (Å²) in [7, 11) is 1.83. The van der Waals surface area contributed by atoms with Crippen LogP contribution in [0.1, 0.15) is 5.82 Å². The highest BCUT2D eigenvalue weighted by Crippen LogP contribution is 2.24. The first-order valence-electron chi connectivity index (χ1n) is 5.07. The first-order valence-corrected chi connectivity index (χ1v) is 6.93. The molecular formula is C9H9N7S2. The second kappa shape index (κ2) is 4.50. The summed E-state index contributed by atoms with van der Waals surface area (Å²) in [4.78, 5) is 8.70. The second-order valence-electron chi connectivity index (χ2n) is 3.52. The van der Waals surface area contributed by atoms with Crippen molar-refractivity contribution < 1.29 is 0 Å². The first kappa shape index (κ1) is 11.4. The molecular weight excluding hydrogens is 270 g/mol. The van der Waals surface area contributed by atoms with Crippen molar-refractivity contribution in [2.45, 2.75) is 10.1 Å². The average Bonchev–Trinajstić information content (AvgIpc) is 2.98. The molecule has 0 spiro atoms. The third-order valence-electron chi connectivity index (χ3n) is 2.33. The van der Waals surface area contributed by atoms with Gasteiger partial charge in [-0.3, -0.25) is 4.68 Å². The van der Waals surface area contributed by atoms with Crippen LogP contribution in [0.3, 0.4) is 0 Å². The van der Waals surface area contributed by atoms with Gasteiger partial charge in [0.15, 0.2) is 9.99 Å². The third-order valence-corrected chi connectivity index (χ3v) is 4.19. The highest BCUT2D eigenvalue weighted by atomic mass is 32.2. The number of aryl methyl sites for hydroxylation is 1. The molecule has 0 fully saturated rings. The van der Waals surface area contributed by atoms with Gasteiger partial charge in [0, 0.05) is 7.05 Å². The summed E-state index contributed by atoms with van der Waals surface area (Å²) in [6, 6.07) is 0. The van der Waals surface area contributed by atoms with Gasteiger partial charge >= 0.3 is 0 Å². The van der Waals surface area contributed by atoms with Crippen molar-refractivity contribution in [3.05, 3.63) is 17.5 Å². The van der Waals surface area contributed by atoms with E-state index < -0.39 is 0 Å². The Morgan fingerprint density at radius 3 is 3.11 bits per heavy atom. The zero-order valence-electron chi connectivity index (χ0n) is 9.44. The predicted octanol–water partition coefficient (Wildman–Crippen LogP) is 1.09. The molecule has 7 nitrogen and oxygen atoms in total. The largest absolute Gasteiger partial charge is 0.383 e. The Hall–Kier alpha value is -1.74. The average molecular weight is 279 g/mol. The molecule has 0 aliphatic carbocycles. The Morgan fingerprint density at radius 1 is 1.44 bits per heavy atom. The quantitative estimate of drug-likeness (QED) is 0.717. The monoisotopic (exact) mass is 279 g/mol. The third kappa shape index (κ3) is 2.02. The van der Waals surface area contributed by atoms with E-state index in [1.165, 1.54) is 11.3 Å². The van der Waals surface area contributed by atoms with Gasteiger partial charge in [-0.05, 0) is 0 Å². The molecule has 0 atom stereocenters. The van der Waals surface area contributed by atoms with Crippen LogP contribution in [-0.2, 0) is 12.8 Å². The van der Waals surface area contributed by atoms with Crippen molar-refractivity contribution in [1.29, 1.82) is 0 Å². The summed E-state index contributed by atoms with van der Waals surface area (Å²) in [5, 5.41) is 12.6. The van der Waals surface area contributed by atoms with Crippen molar-refractivity contribution in [3.8, 4) is 0 Å². The molecule has 3 heterocycles. The molecule has 0 amide bonds. The van der Waals surface area contributed by atoms with Crippen LogP contribution in [0.4, 0.5) is 5.82 Å². The Bertz CT molecular complexity index is 676. The van der Waals surface area contributed by atoms with E-state index >= 15 is 0 Å². The van der Waals surface area contributed by atoms with Gasteiger partial charge in [0.05, 0.1) is 17.3 Å². The molecule has 18 heavy (non-hydrogen) atoms. The summed E-state index contributed by atoms with van der Waals surface area (Å²) < 4.78 is 2.58. The summed E-state index contributed by atoms with van der Waals surface area (Å²) in [6.07, 6.45) is 1.67. The number of fused-ring (bicyclic) bond motifs is 1. The normalized spacial score (nSPS) is 11.2. The van der Waals surface area contributed by atoms with Gasteiger partial charge in [-0.25, -0.2) is 9.97 Å². The molecule has 3 rings (SSSR count). The van der Waals surface area contributed by atoms with Crippen molar-refractivity contribution in [2.75, 3.05) is 5.73 Å². The SMILES string of the molecule is Cn1ncc2c(N)nc(CSc3nncs3)nc21. The minimum atomic E-state index is 0.459. The maximum Gasteiger partial charge on any atom is 0.174 e. The van der Waals surface area contributed by atoms with E-state index in [1.54, 1.807) is 28.2 Å². The lowest BCUT2D eigenvalue weighted by Crippen LogP contribution is -2.01. The van der Waals surface area contributed by atoms with Gasteiger partial charge in [-0.15, -0.1) is 10.2 Å². The van der Waals surface area contributed by atoms with Crippen LogP contribution in [0.5, 0.6) is 0 Å². The minimum absolute atomic E-state index is 0.459. The molecule has 9 heteroatoms. The van der Waals surface area contributed by atoms with Crippen molar-refractivity contribution in [1.82, 2.24) is 29.9 Å². The van der Waals surface area contributed by atoms with Gasteiger partial charge in [-0.2, -0.15) is 5.10 Å². The lowest BCUT2D eigenvalue weighted by atomic mass is 10.4. The number of nitrogen functional groups attached to an aromatic ring is 1. The maximum absolute atomic E-state index is 5.88. The van der Waals surface area contributed by atoms with E-state index in [1.807, 2.05) is 7.05 Å². The Kier molecular flexibility index (Phi) is 2.84. The van der Waals surface area contributed by atoms with Gasteiger partial charge in [0.25, 0.3) is 0 Å². The molecule has 0 saturated carbocycles. The minimum Gasteiger partial charge on any atom is -0.383 e. The highest BCUT2D eigenvalue weighted by Gasteiger charge is 2.10. The Morgan fingerprint density at radius 2 is 2.33 bits per heavy atom. The van der Waals surface area contributed by atoms with Crippen LogP contribution in [0.25, 0.3) is 11.0 Å². The molecule has 0 saturated heterocycles. The van der Waals surface area contributed by atoms with Crippen molar-refractivity contribution in [3.63, 3.8) is 0 Å². The first-order chi connectivity index (χ1) is 8.74. The van der Waals surface area contributed by atoms with Crippen molar-refractivity contribution in [2.24, 2.45) is 7.05 Å². The summed E-state index contributed by atoms with van der Waals surface area (Å²) in [6.45, 7) is 0. The lowest BCUT2D eigenvalue weighted by Gasteiger charge is -2.01. The van der Waals surface area contributed by atoms with E-state index in [0.717, 1.165) is 15.4 Å². The molecule has 0 aliphatic rings. The molecule has 3 aromatic rings. The molecule has 2 N–H and O–H groups in total. The van der Waals surface area contributed by atoms with E-state index in [9.17, 15) is 0 Å². The smallest absolute Gasteiger partial charge is 0.174 e. The van der Waals surface area contributed by atoms with E-state index in [4.69, 9.17) is 5.73 Å². The fraction of sp³-hybridized carbons (Fsp3) is 0.222. The summed E-state index contributed by atoms with van der Waals surface area (Å²) >= 11 is 3.03. The van der Waals surface area contributed by atoms with Crippen LogP contribution in [0.15, 0.2) is 16.0 Å². The molecule has 0 unspecified atom stereocenters. The molecule has 0 aliphatic heterocycles. The molecule has 92 valence electrons. The number of nitrogens with zero attached hydrogens (tertiary/aromatic N) is 6. The number of thioether (sulfide) groups is 1. The fourth-order valence-corrected chi connectivity index (χ4v) is 2.85. The van der Waals surface area contributed by atoms with Crippen LogP contribution >= 0.6 is 23.1 Å². The Labute approximate surface area is 110 Å². The van der Waals surface area contributed by atoms with Gasteiger partial charge in [-0.1, -0.05) is 23.1 Å². The molecule has 3 aromatic heterocycles. The molecule has 0 aromatic carbocycles. The van der Waals surface area contributed by atoms with Crippen LogP contribution < -0.4 is 5.73 Å². The van der Waals surface area contributed by atoms with Gasteiger partial charge in [0.2, 0.25) is 0 Å². The summed E-state index contributed by atoms with van der Waals surface area (Å²) in [5.74, 6) is 1.74. The van der Waals surface area contributed by atoms with E-state index in [-0.39, 0.29) is 0 Å². The van der Waals surface area contributed by atoms with Crippen LogP contribution in [0.2, 0.25) is 0 Å². The van der Waals surface area contributed by atoms with Crippen molar-refractivity contribution >= 4 is 39.9 Å². The number of hydrogen-bond donors (Lipinski definition) is 1. The van der Waals surface area contributed by atoms with Gasteiger partial charge in [0.1, 0.15) is 17.2 Å². The zero-order valence-corrected chi connectivity index (χ0v) is 11.1. The topological polar surface area (TPSA) is 95.4 Å². The number of anilines is 1.